The van der Waals surface area contributed by atoms with Crippen LogP contribution in [-0.2, 0) is 9.47 Å². The molecule has 0 rings (SSSR count). The summed E-state index contributed by atoms with van der Waals surface area (Å²) in [6.07, 6.45) is -0.897. The van der Waals surface area contributed by atoms with Gasteiger partial charge in [-0.3, -0.25) is 0 Å². The monoisotopic (exact) mass is 146 g/mol. The molecule has 0 aliphatic rings. The Labute approximate surface area is 61.3 Å². The second-order valence-electron chi connectivity index (χ2n) is 1.98. The number of rotatable bonds is 5. The molecular formula is C7H14O3. The molecule has 0 saturated carbocycles. The van der Waals surface area contributed by atoms with Crippen molar-refractivity contribution in [1.82, 2.24) is 0 Å². The van der Waals surface area contributed by atoms with Crippen molar-refractivity contribution in [2.45, 2.75) is 20.1 Å². The van der Waals surface area contributed by atoms with Crippen molar-refractivity contribution in [3.8, 4) is 0 Å². The van der Waals surface area contributed by atoms with Crippen LogP contribution in [0.5, 0.6) is 0 Å². The first-order chi connectivity index (χ1) is 4.68. The fourth-order valence-electron chi connectivity index (χ4n) is 0.338. The maximum atomic E-state index is 8.95. The zero-order chi connectivity index (χ0) is 7.98. The van der Waals surface area contributed by atoms with Gasteiger partial charge in [-0.1, -0.05) is 6.58 Å². The van der Waals surface area contributed by atoms with Crippen molar-refractivity contribution in [1.29, 1.82) is 0 Å². The lowest BCUT2D eigenvalue weighted by atomic mass is 10.3. The first kappa shape index (κ1) is 9.62. The minimum atomic E-state index is -0.897. The van der Waals surface area contributed by atoms with E-state index >= 15 is 0 Å². The topological polar surface area (TPSA) is 38.7 Å². The largest absolute Gasteiger partial charge is 0.364 e. The van der Waals surface area contributed by atoms with E-state index in [2.05, 4.69) is 6.58 Å². The van der Waals surface area contributed by atoms with Gasteiger partial charge < -0.3 is 14.6 Å². The summed E-state index contributed by atoms with van der Waals surface area (Å²) < 4.78 is 9.61. The zero-order valence-electron chi connectivity index (χ0n) is 6.46. The minimum Gasteiger partial charge on any atom is -0.364 e. The molecule has 0 bridgehead atoms. The molecule has 0 aromatic heterocycles. The Hall–Kier alpha value is -0.380. The highest BCUT2D eigenvalue weighted by Crippen LogP contribution is 1.98. The van der Waals surface area contributed by atoms with Crippen LogP contribution < -0.4 is 0 Å². The summed E-state index contributed by atoms with van der Waals surface area (Å²) >= 11 is 0. The molecule has 0 aliphatic heterocycles. The molecule has 10 heavy (non-hydrogen) atoms. The van der Waals surface area contributed by atoms with Crippen molar-refractivity contribution in [3.05, 3.63) is 12.2 Å². The Morgan fingerprint density at radius 2 is 2.30 bits per heavy atom. The van der Waals surface area contributed by atoms with Crippen LogP contribution in [0.25, 0.3) is 0 Å². The van der Waals surface area contributed by atoms with E-state index in [1.54, 1.807) is 6.92 Å². The first-order valence-corrected chi connectivity index (χ1v) is 3.21. The Morgan fingerprint density at radius 1 is 1.70 bits per heavy atom. The van der Waals surface area contributed by atoms with Gasteiger partial charge >= 0.3 is 0 Å². The molecule has 0 aliphatic carbocycles. The summed E-state index contributed by atoms with van der Waals surface area (Å²) in [5.74, 6) is 0. The molecule has 0 heterocycles. The minimum absolute atomic E-state index is 0.116. The molecule has 0 amide bonds. The zero-order valence-corrected chi connectivity index (χ0v) is 6.46. The first-order valence-electron chi connectivity index (χ1n) is 3.21. The van der Waals surface area contributed by atoms with Crippen LogP contribution in [0.2, 0.25) is 0 Å². The quantitative estimate of drug-likeness (QED) is 0.355. The average Bonchev–Trinajstić information content (AvgIpc) is 1.88. The van der Waals surface area contributed by atoms with Gasteiger partial charge in [-0.25, -0.2) is 0 Å². The third-order valence-corrected chi connectivity index (χ3v) is 0.935. The normalized spacial score (nSPS) is 13.1. The maximum Gasteiger partial charge on any atom is 0.179 e. The summed E-state index contributed by atoms with van der Waals surface area (Å²) in [7, 11) is 0. The van der Waals surface area contributed by atoms with E-state index in [9.17, 15) is 0 Å². The standard InChI is InChI=1S/C7H14O3/c1-4-9-5-10-7(8)6(2)3/h7-8H,2,4-5H2,1,3H3. The predicted octanol–water partition coefficient (Wildman–Crippen LogP) is 0.891. The van der Waals surface area contributed by atoms with Gasteiger partial charge in [0.1, 0.15) is 6.79 Å². The number of aliphatic hydroxyl groups is 1. The third-order valence-electron chi connectivity index (χ3n) is 0.935. The molecule has 1 atom stereocenters. The molecule has 0 saturated heterocycles. The Morgan fingerprint density at radius 3 is 2.70 bits per heavy atom. The van der Waals surface area contributed by atoms with Crippen molar-refractivity contribution in [3.63, 3.8) is 0 Å². The highest BCUT2D eigenvalue weighted by Gasteiger charge is 2.01. The summed E-state index contributed by atoms with van der Waals surface area (Å²) in [6.45, 7) is 7.75. The Bertz CT molecular complexity index is 101. The lowest BCUT2D eigenvalue weighted by Gasteiger charge is -2.10. The summed E-state index contributed by atoms with van der Waals surface area (Å²) in [5.41, 5.74) is 0.583. The van der Waals surface area contributed by atoms with E-state index in [1.165, 1.54) is 0 Å². The second-order valence-corrected chi connectivity index (χ2v) is 1.98. The smallest absolute Gasteiger partial charge is 0.179 e. The van der Waals surface area contributed by atoms with Crippen molar-refractivity contribution < 1.29 is 14.6 Å². The van der Waals surface area contributed by atoms with Gasteiger partial charge in [0.15, 0.2) is 6.29 Å². The van der Waals surface area contributed by atoms with Gasteiger partial charge in [-0.2, -0.15) is 0 Å². The molecular weight excluding hydrogens is 132 g/mol. The van der Waals surface area contributed by atoms with E-state index in [0.717, 1.165) is 0 Å². The van der Waals surface area contributed by atoms with Crippen LogP contribution in [0.15, 0.2) is 12.2 Å². The van der Waals surface area contributed by atoms with Crippen molar-refractivity contribution in [2.75, 3.05) is 13.4 Å². The van der Waals surface area contributed by atoms with E-state index < -0.39 is 6.29 Å². The van der Waals surface area contributed by atoms with Gasteiger partial charge in [0.2, 0.25) is 0 Å². The number of hydrogen-bond acceptors (Lipinski definition) is 3. The van der Waals surface area contributed by atoms with E-state index in [0.29, 0.717) is 12.2 Å². The molecule has 0 radical (unpaired) electrons. The van der Waals surface area contributed by atoms with E-state index in [1.807, 2.05) is 6.92 Å². The predicted molar refractivity (Wildman–Crippen MR) is 38.4 cm³/mol. The van der Waals surface area contributed by atoms with Crippen LogP contribution in [0.1, 0.15) is 13.8 Å². The average molecular weight is 146 g/mol. The van der Waals surface area contributed by atoms with Gasteiger partial charge in [-0.05, 0) is 19.4 Å². The van der Waals surface area contributed by atoms with Gasteiger partial charge in [0.25, 0.3) is 0 Å². The van der Waals surface area contributed by atoms with Gasteiger partial charge in [0, 0.05) is 6.61 Å². The molecule has 1 unspecified atom stereocenters. The molecule has 60 valence electrons. The Kier molecular flexibility index (Phi) is 5.20. The molecule has 0 fully saturated rings. The molecule has 0 aromatic carbocycles. The molecule has 0 spiro atoms. The molecule has 0 aromatic rings. The van der Waals surface area contributed by atoms with Gasteiger partial charge in [-0.15, -0.1) is 0 Å². The lowest BCUT2D eigenvalue weighted by molar-refractivity contribution is -0.149. The molecule has 3 nitrogen and oxygen atoms in total. The fourth-order valence-corrected chi connectivity index (χ4v) is 0.338. The number of ether oxygens (including phenoxy) is 2. The number of aliphatic hydroxyl groups excluding tert-OH is 1. The number of hydrogen-bond donors (Lipinski definition) is 1. The highest BCUT2D eigenvalue weighted by molar-refractivity contribution is 4.91. The second kappa shape index (κ2) is 5.41. The van der Waals surface area contributed by atoms with Crippen molar-refractivity contribution in [2.24, 2.45) is 0 Å². The SMILES string of the molecule is C=C(C)C(O)OCOCC. The van der Waals surface area contributed by atoms with Crippen LogP contribution >= 0.6 is 0 Å². The Balaban J connectivity index is 3.21. The van der Waals surface area contributed by atoms with Gasteiger partial charge in [0.05, 0.1) is 0 Å². The van der Waals surface area contributed by atoms with Crippen LogP contribution in [0, 0.1) is 0 Å². The third kappa shape index (κ3) is 4.49. The van der Waals surface area contributed by atoms with Crippen LogP contribution in [0.3, 0.4) is 0 Å². The molecule has 1 N–H and O–H groups in total. The summed E-state index contributed by atoms with van der Waals surface area (Å²) in [4.78, 5) is 0. The fraction of sp³-hybridized carbons (Fsp3) is 0.714. The summed E-state index contributed by atoms with van der Waals surface area (Å²) in [5, 5.41) is 8.95. The highest BCUT2D eigenvalue weighted by atomic mass is 16.7. The van der Waals surface area contributed by atoms with Crippen molar-refractivity contribution >= 4 is 0 Å². The lowest BCUT2D eigenvalue weighted by Crippen LogP contribution is -2.14. The van der Waals surface area contributed by atoms with E-state index in [4.69, 9.17) is 14.6 Å². The van der Waals surface area contributed by atoms with Crippen LogP contribution in [0.4, 0.5) is 0 Å². The molecule has 3 heteroatoms. The maximum absolute atomic E-state index is 8.95. The summed E-state index contributed by atoms with van der Waals surface area (Å²) in [6, 6.07) is 0. The van der Waals surface area contributed by atoms with Crippen LogP contribution in [-0.4, -0.2) is 24.8 Å². The van der Waals surface area contributed by atoms with E-state index in [-0.39, 0.29) is 6.79 Å².